The van der Waals surface area contributed by atoms with Crippen molar-refractivity contribution in [3.8, 4) is 0 Å². The van der Waals surface area contributed by atoms with Gasteiger partial charge in [0.15, 0.2) is 5.82 Å². The number of hydrogen-bond donors (Lipinski definition) is 1. The summed E-state index contributed by atoms with van der Waals surface area (Å²) in [6.07, 6.45) is 2.66. The Morgan fingerprint density at radius 3 is 2.90 bits per heavy atom. The Balaban J connectivity index is 1.49. The minimum absolute atomic E-state index is 0.121. The van der Waals surface area contributed by atoms with Crippen molar-refractivity contribution in [3.63, 3.8) is 0 Å². The molecular weight excluding hydrogens is 461 g/mol. The maximum absolute atomic E-state index is 14.8. The molecule has 7 nitrogen and oxygen atoms in total. The molecule has 11 heteroatoms. The summed E-state index contributed by atoms with van der Waals surface area (Å²) in [6.45, 7) is 2.40. The smallest absolute Gasteiger partial charge is 0.266 e. The second-order valence-corrected chi connectivity index (χ2v) is 10.1. The molecule has 0 spiro atoms. The number of likely N-dealkylation sites (tertiary alicyclic amines) is 1. The first-order valence-corrected chi connectivity index (χ1v) is 12.4. The second kappa shape index (κ2) is 9.07. The monoisotopic (exact) mass is 481 g/mol. The first kappa shape index (κ1) is 21.9. The number of aromatic nitrogens is 2. The van der Waals surface area contributed by atoms with Crippen LogP contribution in [0.25, 0.3) is 0 Å². The molecule has 1 aromatic carbocycles. The Hall–Kier alpha value is -2.27. The molecule has 2 aromatic heterocycles. The van der Waals surface area contributed by atoms with Gasteiger partial charge in [-0.1, -0.05) is 17.7 Å². The summed E-state index contributed by atoms with van der Waals surface area (Å²) in [5.74, 6) is -0.724. The molecule has 3 aromatic rings. The summed E-state index contributed by atoms with van der Waals surface area (Å²) in [5, 5.41) is 1.70. The molecule has 164 valence electrons. The van der Waals surface area contributed by atoms with Crippen LogP contribution in [0.2, 0.25) is 5.02 Å². The Labute approximate surface area is 189 Å². The lowest BCUT2D eigenvalue weighted by atomic mass is 10.2. The number of sulfonamides is 1. The number of thiazole rings is 1. The van der Waals surface area contributed by atoms with Gasteiger partial charge in [-0.05, 0) is 24.6 Å². The van der Waals surface area contributed by atoms with Gasteiger partial charge in [-0.15, -0.1) is 11.3 Å². The molecule has 1 saturated heterocycles. The van der Waals surface area contributed by atoms with Crippen molar-refractivity contribution in [2.45, 2.75) is 23.9 Å². The molecule has 0 radical (unpaired) electrons. The van der Waals surface area contributed by atoms with E-state index >= 15 is 0 Å². The first-order chi connectivity index (χ1) is 14.8. The van der Waals surface area contributed by atoms with Crippen LogP contribution in [0.1, 0.15) is 12.1 Å². The van der Waals surface area contributed by atoms with Crippen molar-refractivity contribution in [1.29, 1.82) is 0 Å². The van der Waals surface area contributed by atoms with Gasteiger partial charge < -0.3 is 4.90 Å². The molecule has 1 N–H and O–H groups in total. The van der Waals surface area contributed by atoms with E-state index in [1.54, 1.807) is 6.20 Å². The van der Waals surface area contributed by atoms with E-state index in [2.05, 4.69) is 19.6 Å². The maximum atomic E-state index is 14.8. The molecule has 0 bridgehead atoms. The van der Waals surface area contributed by atoms with Crippen LogP contribution >= 0.6 is 22.9 Å². The van der Waals surface area contributed by atoms with Crippen molar-refractivity contribution >= 4 is 44.5 Å². The van der Waals surface area contributed by atoms with Gasteiger partial charge in [0.25, 0.3) is 10.0 Å². The molecule has 1 atom stereocenters. The van der Waals surface area contributed by atoms with E-state index < -0.39 is 20.7 Å². The fraction of sp³-hybridized carbons (Fsp3) is 0.300. The number of likely N-dealkylation sites (N-methyl/N-ethyl adjacent to an activating group) is 1. The molecule has 3 heterocycles. The minimum atomic E-state index is -4.14. The SMILES string of the molecule is CN(c1cc(F)c(S(=O)(=O)Nc2cscn2)cc1Cl)[C@H]1CCN(Cc2ccccn2)C1. The molecule has 1 aliphatic rings. The standard InChI is InChI=1S/C20H21ClFN5O2S2/c1-26(15-5-7-27(11-15)10-14-4-2-3-6-23-14)18-9-17(22)19(8-16(18)21)31(28,29)25-20-12-30-13-24-20/h2-4,6,8-9,12-13,15,25H,5,7,10-11H2,1H3/t15-/m0/s1. The molecule has 1 fully saturated rings. The van der Waals surface area contributed by atoms with Crippen molar-refractivity contribution in [3.05, 3.63) is 64.0 Å². The summed E-state index contributed by atoms with van der Waals surface area (Å²) in [7, 11) is -2.30. The van der Waals surface area contributed by atoms with Crippen molar-refractivity contribution < 1.29 is 12.8 Å². The number of benzene rings is 1. The molecule has 1 aliphatic heterocycles. The normalized spacial score (nSPS) is 17.1. The highest BCUT2D eigenvalue weighted by Gasteiger charge is 2.29. The highest BCUT2D eigenvalue weighted by atomic mass is 35.5. The Morgan fingerprint density at radius 2 is 2.19 bits per heavy atom. The van der Waals surface area contributed by atoms with Crippen LogP contribution in [0.4, 0.5) is 15.9 Å². The third-order valence-corrected chi connectivity index (χ3v) is 7.51. The van der Waals surface area contributed by atoms with Crippen LogP contribution in [-0.4, -0.2) is 49.5 Å². The molecule has 31 heavy (non-hydrogen) atoms. The maximum Gasteiger partial charge on any atom is 0.266 e. The van der Waals surface area contributed by atoms with Crippen LogP contribution in [-0.2, 0) is 16.6 Å². The van der Waals surface area contributed by atoms with Gasteiger partial charge in [0.2, 0.25) is 0 Å². The third kappa shape index (κ3) is 4.98. The summed E-state index contributed by atoms with van der Waals surface area (Å²) in [6, 6.07) is 8.29. The number of rotatable bonds is 7. The Morgan fingerprint density at radius 1 is 1.35 bits per heavy atom. The lowest BCUT2D eigenvalue weighted by molar-refractivity contribution is 0.322. The van der Waals surface area contributed by atoms with Gasteiger partial charge in [-0.2, -0.15) is 0 Å². The topological polar surface area (TPSA) is 78.4 Å². The summed E-state index contributed by atoms with van der Waals surface area (Å²) in [5.41, 5.74) is 2.94. The fourth-order valence-corrected chi connectivity index (χ4v) is 5.65. The Kier molecular flexibility index (Phi) is 6.42. The van der Waals surface area contributed by atoms with E-state index in [1.165, 1.54) is 28.3 Å². The number of nitrogens with zero attached hydrogens (tertiary/aromatic N) is 4. The van der Waals surface area contributed by atoms with Gasteiger partial charge in [-0.25, -0.2) is 17.8 Å². The van der Waals surface area contributed by atoms with E-state index in [0.717, 1.165) is 37.8 Å². The predicted octanol–water partition coefficient (Wildman–Crippen LogP) is 3.84. The average Bonchev–Trinajstić information content (AvgIpc) is 3.41. The summed E-state index contributed by atoms with van der Waals surface area (Å²) < 4.78 is 42.2. The molecule has 4 rings (SSSR count). The minimum Gasteiger partial charge on any atom is -0.369 e. The van der Waals surface area contributed by atoms with E-state index in [9.17, 15) is 12.8 Å². The van der Waals surface area contributed by atoms with Crippen LogP contribution < -0.4 is 9.62 Å². The highest BCUT2D eigenvalue weighted by Crippen LogP contribution is 2.33. The summed E-state index contributed by atoms with van der Waals surface area (Å²) >= 11 is 7.62. The zero-order valence-corrected chi connectivity index (χ0v) is 19.1. The Bertz CT molecular complexity index is 1150. The van der Waals surface area contributed by atoms with Gasteiger partial charge >= 0.3 is 0 Å². The molecule has 0 amide bonds. The van der Waals surface area contributed by atoms with Crippen molar-refractivity contribution in [2.24, 2.45) is 0 Å². The largest absolute Gasteiger partial charge is 0.369 e. The predicted molar refractivity (Wildman–Crippen MR) is 121 cm³/mol. The fourth-order valence-electron chi connectivity index (χ4n) is 3.64. The second-order valence-electron chi connectivity index (χ2n) is 7.32. The lowest BCUT2D eigenvalue weighted by Crippen LogP contribution is -2.34. The quantitative estimate of drug-likeness (QED) is 0.552. The van der Waals surface area contributed by atoms with Crippen LogP contribution in [0.3, 0.4) is 0 Å². The number of anilines is 2. The van der Waals surface area contributed by atoms with Crippen LogP contribution in [0.5, 0.6) is 0 Å². The summed E-state index contributed by atoms with van der Waals surface area (Å²) in [4.78, 5) is 11.9. The van der Waals surface area contributed by atoms with Crippen LogP contribution in [0.15, 0.2) is 52.3 Å². The molecular formula is C20H21ClFN5O2S2. The number of hydrogen-bond acceptors (Lipinski definition) is 7. The highest BCUT2D eigenvalue weighted by molar-refractivity contribution is 7.92. The van der Waals surface area contributed by atoms with Crippen molar-refractivity contribution in [2.75, 3.05) is 29.8 Å². The third-order valence-electron chi connectivity index (χ3n) is 5.25. The number of nitrogens with one attached hydrogen (secondary N) is 1. The first-order valence-electron chi connectivity index (χ1n) is 9.58. The van der Waals surface area contributed by atoms with Gasteiger partial charge in [-0.3, -0.25) is 14.6 Å². The van der Waals surface area contributed by atoms with Gasteiger partial charge in [0.05, 0.1) is 21.9 Å². The van der Waals surface area contributed by atoms with Gasteiger partial charge in [0, 0.05) is 50.4 Å². The number of halogens is 2. The lowest BCUT2D eigenvalue weighted by Gasteiger charge is -2.28. The zero-order valence-electron chi connectivity index (χ0n) is 16.7. The van der Waals surface area contributed by atoms with E-state index in [4.69, 9.17) is 11.6 Å². The molecule has 0 unspecified atom stereocenters. The zero-order chi connectivity index (χ0) is 22.0. The van der Waals surface area contributed by atoms with Crippen LogP contribution in [0, 0.1) is 5.82 Å². The van der Waals surface area contributed by atoms with Gasteiger partial charge in [0.1, 0.15) is 10.7 Å². The van der Waals surface area contributed by atoms with Crippen molar-refractivity contribution in [1.82, 2.24) is 14.9 Å². The number of pyridine rings is 1. The average molecular weight is 482 g/mol. The van der Waals surface area contributed by atoms with E-state index in [-0.39, 0.29) is 16.9 Å². The molecule has 0 aliphatic carbocycles. The molecule has 0 saturated carbocycles. The van der Waals surface area contributed by atoms with E-state index in [1.807, 2.05) is 30.1 Å². The van der Waals surface area contributed by atoms with E-state index in [0.29, 0.717) is 5.69 Å².